The van der Waals surface area contributed by atoms with Crippen molar-refractivity contribution in [2.24, 2.45) is 0 Å². The summed E-state index contributed by atoms with van der Waals surface area (Å²) in [5.41, 5.74) is 19.1. The number of hydrogen-bond donors (Lipinski definition) is 0. The van der Waals surface area contributed by atoms with Gasteiger partial charge in [-0.3, -0.25) is 0 Å². The zero-order chi connectivity index (χ0) is 34.9. The zero-order valence-corrected chi connectivity index (χ0v) is 30.0. The van der Waals surface area contributed by atoms with E-state index >= 15 is 0 Å². The van der Waals surface area contributed by atoms with Crippen LogP contribution in [0.4, 0.5) is 34.1 Å². The van der Waals surface area contributed by atoms with Gasteiger partial charge in [0.2, 0.25) is 0 Å². The maximum absolute atomic E-state index is 2.47. The van der Waals surface area contributed by atoms with Crippen LogP contribution in [0.2, 0.25) is 0 Å². The van der Waals surface area contributed by atoms with E-state index in [0.29, 0.717) is 0 Å². The highest BCUT2D eigenvalue weighted by Gasteiger charge is 2.47. The Bertz CT molecular complexity index is 2330. The van der Waals surface area contributed by atoms with Crippen LogP contribution in [0.5, 0.6) is 0 Å². The third kappa shape index (κ3) is 4.77. The van der Waals surface area contributed by atoms with E-state index in [4.69, 9.17) is 0 Å². The summed E-state index contributed by atoms with van der Waals surface area (Å²) in [4.78, 5) is 4.75. The maximum Gasteiger partial charge on any atom is 0.0465 e. The lowest BCUT2D eigenvalue weighted by atomic mass is 9.72. The van der Waals surface area contributed by atoms with Crippen LogP contribution >= 0.6 is 0 Å². The quantitative estimate of drug-likeness (QED) is 0.175. The molecule has 0 spiro atoms. The van der Waals surface area contributed by atoms with Crippen LogP contribution in [0.1, 0.15) is 55.5 Å². The van der Waals surface area contributed by atoms with Crippen molar-refractivity contribution in [1.82, 2.24) is 0 Å². The molecule has 7 aromatic rings. The van der Waals surface area contributed by atoms with Gasteiger partial charge in [-0.1, -0.05) is 119 Å². The second-order valence-electron chi connectivity index (χ2n) is 15.1. The minimum Gasteiger partial charge on any atom is -0.310 e. The molecule has 2 heteroatoms. The summed E-state index contributed by atoms with van der Waals surface area (Å²) < 4.78 is 0. The van der Waals surface area contributed by atoms with Crippen LogP contribution in [-0.2, 0) is 10.8 Å². The predicted octanol–water partition coefficient (Wildman–Crippen LogP) is 13.5. The minimum absolute atomic E-state index is 0.195. The molecule has 7 aromatic carbocycles. The van der Waals surface area contributed by atoms with Crippen molar-refractivity contribution >= 4 is 34.1 Å². The van der Waals surface area contributed by atoms with Crippen molar-refractivity contribution in [1.29, 1.82) is 0 Å². The molecular weight excluding hydrogens is 617 g/mol. The first-order chi connectivity index (χ1) is 24.7. The molecule has 0 radical (unpaired) electrons. The summed E-state index contributed by atoms with van der Waals surface area (Å²) in [6.45, 7) is 12.1. The topological polar surface area (TPSA) is 6.48 Å². The molecule has 0 aromatic heterocycles. The molecule has 0 saturated carbocycles. The average molecular weight is 659 g/mol. The molecule has 0 amide bonds. The van der Waals surface area contributed by atoms with Gasteiger partial charge in [-0.25, -0.2) is 0 Å². The largest absolute Gasteiger partial charge is 0.310 e. The van der Waals surface area contributed by atoms with Crippen molar-refractivity contribution < 1.29 is 0 Å². The van der Waals surface area contributed by atoms with E-state index in [1.807, 2.05) is 0 Å². The molecule has 0 bridgehead atoms. The summed E-state index contributed by atoms with van der Waals surface area (Å²) >= 11 is 0. The Hall–Kier alpha value is -5.86. The molecule has 51 heavy (non-hydrogen) atoms. The Morgan fingerprint density at radius 3 is 1.16 bits per heavy atom. The number of hydrogen-bond acceptors (Lipinski definition) is 2. The Morgan fingerprint density at radius 1 is 0.353 bits per heavy atom. The van der Waals surface area contributed by atoms with E-state index in [9.17, 15) is 0 Å². The first-order valence-corrected chi connectivity index (χ1v) is 18.0. The van der Waals surface area contributed by atoms with Crippen LogP contribution in [-0.4, -0.2) is 0 Å². The zero-order valence-electron chi connectivity index (χ0n) is 30.0. The smallest absolute Gasteiger partial charge is 0.0465 e. The van der Waals surface area contributed by atoms with Gasteiger partial charge in [0.25, 0.3) is 0 Å². The Kier molecular flexibility index (Phi) is 7.09. The highest BCUT2D eigenvalue weighted by atomic mass is 15.1. The Balaban J connectivity index is 1.19. The molecule has 9 rings (SSSR count). The van der Waals surface area contributed by atoms with Gasteiger partial charge >= 0.3 is 0 Å². The minimum atomic E-state index is -0.196. The summed E-state index contributed by atoms with van der Waals surface area (Å²) in [5, 5.41) is 0. The lowest BCUT2D eigenvalue weighted by molar-refractivity contribution is 0.601. The molecule has 0 unspecified atom stereocenters. The number of aryl methyl sites for hydroxylation is 1. The van der Waals surface area contributed by atoms with Crippen LogP contribution in [0.25, 0.3) is 22.3 Å². The number of nitrogens with zero attached hydrogens (tertiary/aromatic N) is 2. The molecule has 0 aliphatic heterocycles. The molecule has 2 nitrogen and oxygen atoms in total. The first kappa shape index (κ1) is 31.1. The van der Waals surface area contributed by atoms with E-state index in [0.717, 1.165) is 22.7 Å². The third-order valence-corrected chi connectivity index (χ3v) is 11.3. The normalized spacial score (nSPS) is 14.3. The van der Waals surface area contributed by atoms with Crippen molar-refractivity contribution in [3.63, 3.8) is 0 Å². The van der Waals surface area contributed by atoms with E-state index < -0.39 is 0 Å². The SMILES string of the molecule is Cc1cc2c(c3c1-c1ccc(N(c4ccccc4)c4ccccc4)cc1C3(C)C)C(C)(C)c1cc(N(c3ccccc3)c3ccccc3)ccc1-2. The molecule has 0 saturated heterocycles. The second-order valence-corrected chi connectivity index (χ2v) is 15.1. The molecule has 0 heterocycles. The van der Waals surface area contributed by atoms with Crippen LogP contribution in [0.15, 0.2) is 164 Å². The van der Waals surface area contributed by atoms with E-state index in [2.05, 4.69) is 208 Å². The van der Waals surface area contributed by atoms with Crippen LogP contribution in [0.3, 0.4) is 0 Å². The second kappa shape index (κ2) is 11.6. The van der Waals surface area contributed by atoms with Gasteiger partial charge in [-0.15, -0.1) is 0 Å². The van der Waals surface area contributed by atoms with Gasteiger partial charge in [-0.05, 0) is 130 Å². The third-order valence-electron chi connectivity index (χ3n) is 11.3. The van der Waals surface area contributed by atoms with Gasteiger partial charge in [0.15, 0.2) is 0 Å². The van der Waals surface area contributed by atoms with Crippen LogP contribution < -0.4 is 9.80 Å². The number of para-hydroxylation sites is 4. The van der Waals surface area contributed by atoms with Gasteiger partial charge in [0.05, 0.1) is 0 Å². The number of fused-ring (bicyclic) bond motifs is 7. The standard InChI is InChI=1S/C49H42N2/c1-33-30-42-40-28-26-38(50(34-18-10-6-11-19-34)35-20-12-7-13-21-35)31-43(40)48(2,3)46(42)47-45(33)41-29-27-39(32-44(41)49(47,4)5)51(36-22-14-8-15-23-36)37-24-16-9-17-25-37/h6-32H,1-5H3. The lowest BCUT2D eigenvalue weighted by Gasteiger charge is -2.32. The van der Waals surface area contributed by atoms with Gasteiger partial charge in [-0.2, -0.15) is 0 Å². The first-order valence-electron chi connectivity index (χ1n) is 18.0. The van der Waals surface area contributed by atoms with Gasteiger partial charge in [0.1, 0.15) is 0 Å². The summed E-state index contributed by atoms with van der Waals surface area (Å²) in [7, 11) is 0. The van der Waals surface area contributed by atoms with E-state index in [-0.39, 0.29) is 10.8 Å². The highest BCUT2D eigenvalue weighted by Crippen LogP contribution is 2.61. The molecule has 2 aliphatic carbocycles. The summed E-state index contributed by atoms with van der Waals surface area (Å²) in [6.07, 6.45) is 0. The van der Waals surface area contributed by atoms with E-state index in [1.54, 1.807) is 0 Å². The van der Waals surface area contributed by atoms with E-state index in [1.165, 1.54) is 61.4 Å². The molecule has 0 atom stereocenters. The molecule has 248 valence electrons. The fourth-order valence-corrected chi connectivity index (χ4v) is 8.95. The van der Waals surface area contributed by atoms with Gasteiger partial charge < -0.3 is 9.80 Å². The highest BCUT2D eigenvalue weighted by molar-refractivity contribution is 5.95. The molecule has 2 aliphatic rings. The monoisotopic (exact) mass is 658 g/mol. The van der Waals surface area contributed by atoms with Crippen molar-refractivity contribution in [3.8, 4) is 22.3 Å². The van der Waals surface area contributed by atoms with Crippen molar-refractivity contribution in [2.75, 3.05) is 9.80 Å². The van der Waals surface area contributed by atoms with Crippen molar-refractivity contribution in [3.05, 3.63) is 192 Å². The number of benzene rings is 7. The van der Waals surface area contributed by atoms with Gasteiger partial charge in [0, 0.05) is 45.0 Å². The molecular formula is C49H42N2. The molecule has 0 N–H and O–H groups in total. The Labute approximate surface area is 302 Å². The van der Waals surface area contributed by atoms with Crippen molar-refractivity contribution in [2.45, 2.75) is 45.4 Å². The Morgan fingerprint density at radius 2 is 0.725 bits per heavy atom. The fraction of sp³-hybridized carbons (Fsp3) is 0.143. The summed E-state index contributed by atoms with van der Waals surface area (Å²) in [6, 6.07) is 59.6. The lowest BCUT2D eigenvalue weighted by Crippen LogP contribution is -2.24. The van der Waals surface area contributed by atoms with Crippen LogP contribution in [0, 0.1) is 6.92 Å². The predicted molar refractivity (Wildman–Crippen MR) is 216 cm³/mol. The molecule has 0 fully saturated rings. The fourth-order valence-electron chi connectivity index (χ4n) is 8.95. The maximum atomic E-state index is 2.47. The average Bonchev–Trinajstić information content (AvgIpc) is 3.52. The number of anilines is 6. The summed E-state index contributed by atoms with van der Waals surface area (Å²) in [5.74, 6) is 0. The number of rotatable bonds is 6.